The number of ether oxygens (including phenoxy) is 4. The molecule has 1 aromatic heterocycles. The highest BCUT2D eigenvalue weighted by molar-refractivity contribution is 5.91. The van der Waals surface area contributed by atoms with Crippen molar-refractivity contribution in [1.82, 2.24) is 0 Å². The number of esters is 2. The summed E-state index contributed by atoms with van der Waals surface area (Å²) in [4.78, 5) is 47.1. The average molecular weight is 1230 g/mol. The zero-order chi connectivity index (χ0) is 62.6. The third kappa shape index (κ3) is 9.28. The molecule has 6 aromatic rings. The van der Waals surface area contributed by atoms with Crippen molar-refractivity contribution in [2.75, 3.05) is 26.6 Å². The second kappa shape index (κ2) is 23.7. The highest BCUT2D eigenvalue weighted by Crippen LogP contribution is 2.64. The maximum atomic E-state index is 16.3. The number of aliphatic hydroxyl groups excluding tert-OH is 4. The van der Waals surface area contributed by atoms with E-state index in [1.807, 2.05) is 0 Å². The molecule has 2 spiro atoms. The minimum atomic E-state index is -1.48. The van der Waals surface area contributed by atoms with Crippen molar-refractivity contribution in [3.05, 3.63) is 215 Å². The molecule has 3 aliphatic heterocycles. The molecular weight excluding hydrogens is 1150 g/mol. The summed E-state index contributed by atoms with van der Waals surface area (Å²) in [5.74, 6) is 5.88. The number of hydrogen-bond donors (Lipinski definition) is 4. The number of allylic oxidation sites excluding steroid dienone is 4. The Morgan fingerprint density at radius 2 is 1.58 bits per heavy atom. The number of aryl methyl sites for hydroxylation is 1. The standard InChI is InChI=1S/C80H80O12/c1-45(41-82)54-26-20-47-22-28-60-58-27-23-49(56-16-9-18-68-62(56)30-25-53-13-8-12-52-24-19-48-11-3-5-17-67(48)80(52,53)68)38-51(58)39-71(85)89-75-73-70(34-33-64-66(42-83)72(78(87)90-74(64)73)50(35-37-81)43-88-44-84)92-79(76(75)91-77(54)86)36-7-6-15-59(60)57(47)31-32-63-61-29-21-46-10-2-4-14-55(46)65(61)40-69(63)79/h2-5,9-11,14,16-19,21-24,27-29,33-34,49-53,58,61,63,65,69,75-76,81-84H,8,12-13,15,20,25-26,30-32,35-44H2,1H3/b54-45-/t49-,50+,51-,52-,53-,58+,61+,63+,65+,69+,75+,76-,79-,80-/m0/s1. The fourth-order valence-electron chi connectivity index (χ4n) is 20.2. The largest absolute Gasteiger partial charge is 0.481 e. The zero-order valence-corrected chi connectivity index (χ0v) is 52.2. The van der Waals surface area contributed by atoms with Crippen LogP contribution in [0, 0.1) is 47.3 Å². The summed E-state index contributed by atoms with van der Waals surface area (Å²) >= 11 is 0. The molecule has 14 atom stereocenters. The number of benzene rings is 5. The maximum Gasteiger partial charge on any atom is 0.340 e. The highest BCUT2D eigenvalue weighted by Gasteiger charge is 2.64. The van der Waals surface area contributed by atoms with Crippen LogP contribution in [0.3, 0.4) is 0 Å². The minimum Gasteiger partial charge on any atom is -0.481 e. The first kappa shape index (κ1) is 59.4. The van der Waals surface area contributed by atoms with E-state index in [2.05, 4.69) is 127 Å². The van der Waals surface area contributed by atoms with E-state index >= 15 is 9.59 Å². The lowest BCUT2D eigenvalue weighted by Crippen LogP contribution is -2.61. The van der Waals surface area contributed by atoms with Gasteiger partial charge in [-0.05, 0) is 198 Å². The predicted octanol–water partition coefficient (Wildman–Crippen LogP) is 12.8. The molecule has 0 unspecified atom stereocenters. The highest BCUT2D eigenvalue weighted by atomic mass is 16.6. The predicted molar refractivity (Wildman–Crippen MR) is 349 cm³/mol. The minimum absolute atomic E-state index is 0.00362. The number of fused-ring (bicyclic) bond motifs is 14. The summed E-state index contributed by atoms with van der Waals surface area (Å²) in [6.45, 7) is -0.341. The van der Waals surface area contributed by atoms with Gasteiger partial charge in [0.25, 0.3) is 0 Å². The second-order valence-corrected chi connectivity index (χ2v) is 28.1. The fraction of sp³-hybridized carbons (Fsp3) is 0.438. The van der Waals surface area contributed by atoms with Gasteiger partial charge in [-0.15, -0.1) is 0 Å². The number of carbonyl (C=O) groups excluding carboxylic acids is 2. The lowest BCUT2D eigenvalue weighted by Gasteiger charge is -2.55. The monoisotopic (exact) mass is 1230 g/mol. The van der Waals surface area contributed by atoms with Crippen molar-refractivity contribution in [1.29, 1.82) is 0 Å². The molecule has 0 saturated heterocycles. The van der Waals surface area contributed by atoms with Gasteiger partial charge >= 0.3 is 17.6 Å². The Morgan fingerprint density at radius 1 is 0.750 bits per heavy atom. The third-order valence-corrected chi connectivity index (χ3v) is 24.1. The molecule has 4 N–H and O–H groups in total. The van der Waals surface area contributed by atoms with E-state index in [4.69, 9.17) is 23.4 Å². The Kier molecular flexibility index (Phi) is 15.3. The van der Waals surface area contributed by atoms with Crippen molar-refractivity contribution in [3.8, 4) is 17.6 Å². The molecule has 472 valence electrons. The molecular formula is C80H80O12. The molecule has 2 fully saturated rings. The molecule has 0 amide bonds. The van der Waals surface area contributed by atoms with Gasteiger partial charge in [-0.25, -0.2) is 9.59 Å². The molecule has 4 bridgehead atoms. The molecule has 0 radical (unpaired) electrons. The summed E-state index contributed by atoms with van der Waals surface area (Å²) in [5.41, 5.74) is 12.9. The van der Waals surface area contributed by atoms with E-state index in [0.29, 0.717) is 54.1 Å². The Labute approximate surface area is 537 Å². The summed E-state index contributed by atoms with van der Waals surface area (Å²) in [5, 5.41) is 42.8. The quantitative estimate of drug-likeness (QED) is 0.0269. The van der Waals surface area contributed by atoms with Gasteiger partial charge in [-0.2, -0.15) is 0 Å². The van der Waals surface area contributed by atoms with Gasteiger partial charge in [0, 0.05) is 65.1 Å². The van der Waals surface area contributed by atoms with Crippen LogP contribution in [-0.2, 0) is 61.5 Å². The molecule has 5 aromatic carbocycles. The van der Waals surface area contributed by atoms with Gasteiger partial charge in [0.1, 0.15) is 18.1 Å². The van der Waals surface area contributed by atoms with Gasteiger partial charge < -0.3 is 43.8 Å². The zero-order valence-electron chi connectivity index (χ0n) is 52.2. The Hall–Kier alpha value is -7.63. The van der Waals surface area contributed by atoms with Gasteiger partial charge in [0.2, 0.25) is 0 Å². The van der Waals surface area contributed by atoms with Crippen LogP contribution >= 0.6 is 0 Å². The summed E-state index contributed by atoms with van der Waals surface area (Å²) in [6.07, 6.45) is 21.3. The van der Waals surface area contributed by atoms with Crippen LogP contribution in [-0.4, -0.2) is 70.7 Å². The first-order valence-corrected chi connectivity index (χ1v) is 33.9. The lowest BCUT2D eigenvalue weighted by molar-refractivity contribution is -0.205. The SMILES string of the molecule is C/C(CO)=C1\CCc2ccc3c4c2CC[C@@H]2[C@H]5C=Cc6ccccc6[C@H]5C[C@H]2[C@]2(CC#CC4)Oc4ccc5c(CO)c([C@H](CCO)COCO)c(=O)oc5c4[C@@H](OC(=O)C[C@@H]4C[C@@H](c5cccc6c5CC[C@@H]5CCC[C@H]7C=Cc8ccccc8[C@@]657)C=C[C@@H]34)[C@@H]2OC1=O. The number of hydrogen-bond acceptors (Lipinski definition) is 12. The summed E-state index contributed by atoms with van der Waals surface area (Å²) in [7, 11) is 0. The van der Waals surface area contributed by atoms with Crippen molar-refractivity contribution in [3.63, 3.8) is 0 Å². The topological polar surface area (TPSA) is 182 Å². The molecule has 2 saturated carbocycles. The fourth-order valence-corrected chi connectivity index (χ4v) is 20.2. The Morgan fingerprint density at radius 3 is 2.43 bits per heavy atom. The van der Waals surface area contributed by atoms with E-state index in [-0.39, 0.29) is 114 Å². The number of carbonyl (C=O) groups is 2. The molecule has 7 aliphatic carbocycles. The van der Waals surface area contributed by atoms with Crippen LogP contribution in [0.1, 0.15) is 185 Å². The van der Waals surface area contributed by atoms with E-state index < -0.39 is 61.3 Å². The third-order valence-electron chi connectivity index (χ3n) is 24.1. The van der Waals surface area contributed by atoms with Crippen LogP contribution in [0.25, 0.3) is 23.1 Å². The van der Waals surface area contributed by atoms with Crippen LogP contribution in [0.4, 0.5) is 0 Å². The molecule has 12 nitrogen and oxygen atoms in total. The average Bonchev–Trinajstić information content (AvgIpc) is 0.987. The normalized spacial score (nSPS) is 31.1. The molecule has 16 rings (SSSR count). The summed E-state index contributed by atoms with van der Waals surface area (Å²) < 4.78 is 34.4. The molecule has 4 heterocycles. The first-order chi connectivity index (χ1) is 45.1. The van der Waals surface area contributed by atoms with Crippen molar-refractivity contribution < 1.29 is 53.4 Å². The molecule has 12 heteroatoms. The second-order valence-electron chi connectivity index (χ2n) is 28.1. The molecule has 92 heavy (non-hydrogen) atoms. The number of aliphatic hydroxyl groups is 4. The number of rotatable bonds is 9. The van der Waals surface area contributed by atoms with Gasteiger partial charge in [0.15, 0.2) is 17.8 Å². The maximum absolute atomic E-state index is 16.3. The van der Waals surface area contributed by atoms with Crippen LogP contribution in [0.5, 0.6) is 5.75 Å². The van der Waals surface area contributed by atoms with Crippen molar-refractivity contribution >= 4 is 35.1 Å². The van der Waals surface area contributed by atoms with Gasteiger partial charge in [-0.1, -0.05) is 134 Å². The van der Waals surface area contributed by atoms with Crippen LogP contribution in [0.15, 0.2) is 136 Å². The van der Waals surface area contributed by atoms with E-state index in [0.717, 1.165) is 48.8 Å². The van der Waals surface area contributed by atoms with E-state index in [1.165, 1.54) is 57.3 Å². The van der Waals surface area contributed by atoms with Crippen LogP contribution in [0.2, 0.25) is 0 Å². The van der Waals surface area contributed by atoms with Crippen LogP contribution < -0.4 is 10.4 Å². The first-order valence-electron chi connectivity index (χ1n) is 33.9. The van der Waals surface area contributed by atoms with E-state index in [9.17, 15) is 25.2 Å². The summed E-state index contributed by atoms with van der Waals surface area (Å²) in [6, 6.07) is 32.7. The van der Waals surface area contributed by atoms with Crippen molar-refractivity contribution in [2.45, 2.75) is 157 Å². The Balaban J connectivity index is 0.920. The van der Waals surface area contributed by atoms with E-state index in [1.54, 1.807) is 19.1 Å². The molecule has 10 aliphatic rings. The van der Waals surface area contributed by atoms with Crippen molar-refractivity contribution in [2.24, 2.45) is 35.5 Å². The Bertz CT molecular complexity index is 4250. The lowest BCUT2D eigenvalue weighted by atomic mass is 9.48. The van der Waals surface area contributed by atoms with Gasteiger partial charge in [-0.3, -0.25) is 4.79 Å². The van der Waals surface area contributed by atoms with Gasteiger partial charge in [0.05, 0.1) is 31.8 Å². The smallest absolute Gasteiger partial charge is 0.340 e.